The van der Waals surface area contributed by atoms with Gasteiger partial charge in [-0.1, -0.05) is 25.5 Å². The second kappa shape index (κ2) is 10.0. The van der Waals surface area contributed by atoms with Crippen LogP contribution in [0.15, 0.2) is 24.3 Å². The highest BCUT2D eigenvalue weighted by Crippen LogP contribution is 2.26. The average Bonchev–Trinajstić information content (AvgIpc) is 3.10. The van der Waals surface area contributed by atoms with E-state index in [0.29, 0.717) is 6.54 Å². The molecule has 1 fully saturated rings. The minimum absolute atomic E-state index is 0.00660. The Balaban J connectivity index is 1.72. The van der Waals surface area contributed by atoms with Crippen molar-refractivity contribution in [2.45, 2.75) is 52.0 Å². The Kier molecular flexibility index (Phi) is 7.45. The van der Waals surface area contributed by atoms with Gasteiger partial charge in [-0.15, -0.1) is 11.3 Å². The summed E-state index contributed by atoms with van der Waals surface area (Å²) < 4.78 is 5.30. The summed E-state index contributed by atoms with van der Waals surface area (Å²) in [5.41, 5.74) is 2.06. The fraction of sp³-hybridized carbons (Fsp3) is 0.545. The highest BCUT2D eigenvalue weighted by atomic mass is 32.1. The maximum atomic E-state index is 12.8. The number of rotatable bonds is 8. The van der Waals surface area contributed by atoms with E-state index in [9.17, 15) is 4.79 Å². The lowest BCUT2D eigenvalue weighted by atomic mass is 10.0. The summed E-state index contributed by atoms with van der Waals surface area (Å²) in [4.78, 5) is 20.6. The van der Waals surface area contributed by atoms with Crippen molar-refractivity contribution in [1.29, 1.82) is 0 Å². The van der Waals surface area contributed by atoms with E-state index in [1.807, 2.05) is 19.1 Å². The Morgan fingerprint density at radius 1 is 1.25 bits per heavy atom. The number of nitrogens with zero attached hydrogens (tertiary/aromatic N) is 2. The highest BCUT2D eigenvalue weighted by Gasteiger charge is 2.24. The Hall–Kier alpha value is -1.92. The van der Waals surface area contributed by atoms with E-state index in [0.717, 1.165) is 47.3 Å². The van der Waals surface area contributed by atoms with Gasteiger partial charge in [-0.3, -0.25) is 9.69 Å². The molecule has 2 heterocycles. The first-order valence-corrected chi connectivity index (χ1v) is 11.1. The van der Waals surface area contributed by atoms with E-state index in [1.165, 1.54) is 36.2 Å². The van der Waals surface area contributed by atoms with Gasteiger partial charge in [-0.05, 0) is 63.4 Å². The normalized spacial score (nSPS) is 16.0. The van der Waals surface area contributed by atoms with Gasteiger partial charge in [0.1, 0.15) is 10.6 Å². The van der Waals surface area contributed by atoms with Crippen LogP contribution >= 0.6 is 11.3 Å². The molecule has 5 nitrogen and oxygen atoms in total. The molecule has 28 heavy (non-hydrogen) atoms. The maximum Gasteiger partial charge on any atom is 0.263 e. The van der Waals surface area contributed by atoms with Crippen molar-refractivity contribution in [1.82, 2.24) is 15.2 Å². The molecule has 1 amide bonds. The number of nitrogens with one attached hydrogen (secondary N) is 1. The number of hydrogen-bond donors (Lipinski definition) is 1. The molecular formula is C22H31N3O2S. The summed E-state index contributed by atoms with van der Waals surface area (Å²) in [5, 5.41) is 4.23. The Bertz CT molecular complexity index is 767. The molecule has 1 aromatic carbocycles. The fourth-order valence-electron chi connectivity index (χ4n) is 3.77. The minimum atomic E-state index is -0.00660. The number of likely N-dealkylation sites (tertiary alicyclic amines) is 1. The van der Waals surface area contributed by atoms with E-state index < -0.39 is 0 Å². The number of carbonyl (C=O) groups excluding carboxylic acids is 1. The first kappa shape index (κ1) is 20.8. The molecule has 1 unspecified atom stereocenters. The third-order valence-electron chi connectivity index (χ3n) is 5.30. The van der Waals surface area contributed by atoms with E-state index in [-0.39, 0.29) is 11.9 Å². The molecule has 3 rings (SSSR count). The van der Waals surface area contributed by atoms with E-state index >= 15 is 0 Å². The maximum absolute atomic E-state index is 12.8. The summed E-state index contributed by atoms with van der Waals surface area (Å²) in [7, 11) is 1.68. The lowest BCUT2D eigenvalue weighted by molar-refractivity contribution is 0.0927. The molecule has 1 N–H and O–H groups in total. The van der Waals surface area contributed by atoms with Crippen molar-refractivity contribution in [3.05, 3.63) is 45.4 Å². The molecule has 1 atom stereocenters. The third-order valence-corrected chi connectivity index (χ3v) is 6.51. The van der Waals surface area contributed by atoms with Crippen LogP contribution in [0, 0.1) is 6.92 Å². The summed E-state index contributed by atoms with van der Waals surface area (Å²) in [6.45, 7) is 6.82. The number of piperidine rings is 1. The molecule has 0 radical (unpaired) electrons. The molecule has 1 aliphatic heterocycles. The monoisotopic (exact) mass is 401 g/mol. The van der Waals surface area contributed by atoms with Crippen molar-refractivity contribution in [2.24, 2.45) is 0 Å². The van der Waals surface area contributed by atoms with Crippen molar-refractivity contribution in [2.75, 3.05) is 26.7 Å². The fourth-order valence-corrected chi connectivity index (χ4v) is 4.85. The number of hydrogen-bond acceptors (Lipinski definition) is 5. The molecule has 0 bridgehead atoms. The SMILES string of the molecule is CCCc1nc(C)c(C(=O)NCC(c2ccc(OC)cc2)N2CCCCC2)s1. The number of aromatic nitrogens is 1. The van der Waals surface area contributed by atoms with Crippen molar-refractivity contribution in [3.63, 3.8) is 0 Å². The largest absolute Gasteiger partial charge is 0.497 e. The molecule has 152 valence electrons. The third kappa shape index (κ3) is 5.11. The minimum Gasteiger partial charge on any atom is -0.497 e. The van der Waals surface area contributed by atoms with Crippen LogP contribution in [0.2, 0.25) is 0 Å². The van der Waals surface area contributed by atoms with Gasteiger partial charge in [0.15, 0.2) is 0 Å². The smallest absolute Gasteiger partial charge is 0.263 e. The van der Waals surface area contributed by atoms with Gasteiger partial charge in [-0.25, -0.2) is 4.98 Å². The Labute approximate surface area is 172 Å². The van der Waals surface area contributed by atoms with Crippen LogP contribution in [-0.4, -0.2) is 42.5 Å². The standard InChI is InChI=1S/C22H31N3O2S/c1-4-8-20-24-16(2)21(28-20)22(26)23-15-19(25-13-6-5-7-14-25)17-9-11-18(27-3)12-10-17/h9-12,19H,4-8,13-15H2,1-3H3,(H,23,26). The van der Waals surface area contributed by atoms with Crippen LogP contribution in [0.4, 0.5) is 0 Å². The van der Waals surface area contributed by atoms with Crippen molar-refractivity contribution >= 4 is 17.2 Å². The molecule has 0 saturated carbocycles. The highest BCUT2D eigenvalue weighted by molar-refractivity contribution is 7.13. The van der Waals surface area contributed by atoms with Crippen LogP contribution in [-0.2, 0) is 6.42 Å². The molecule has 0 aliphatic carbocycles. The van der Waals surface area contributed by atoms with Gasteiger partial charge in [0.2, 0.25) is 0 Å². The number of methoxy groups -OCH3 is 1. The van der Waals surface area contributed by atoms with Crippen LogP contribution in [0.25, 0.3) is 0 Å². The van der Waals surface area contributed by atoms with Gasteiger partial charge in [-0.2, -0.15) is 0 Å². The molecule has 1 saturated heterocycles. The number of ether oxygens (including phenoxy) is 1. The molecule has 2 aromatic rings. The summed E-state index contributed by atoms with van der Waals surface area (Å²) in [6, 6.07) is 8.40. The summed E-state index contributed by atoms with van der Waals surface area (Å²) in [6.07, 6.45) is 5.70. The second-order valence-electron chi connectivity index (χ2n) is 7.37. The van der Waals surface area contributed by atoms with Crippen LogP contribution in [0.3, 0.4) is 0 Å². The number of thiazole rings is 1. The van der Waals surface area contributed by atoms with E-state index in [1.54, 1.807) is 7.11 Å². The van der Waals surface area contributed by atoms with E-state index in [4.69, 9.17) is 4.74 Å². The second-order valence-corrected chi connectivity index (χ2v) is 8.45. The lowest BCUT2D eigenvalue weighted by Crippen LogP contribution is -2.40. The number of aryl methyl sites for hydroxylation is 2. The molecular weight excluding hydrogens is 370 g/mol. The molecule has 1 aromatic heterocycles. The molecule has 6 heteroatoms. The van der Waals surface area contributed by atoms with Crippen LogP contribution < -0.4 is 10.1 Å². The Morgan fingerprint density at radius 3 is 2.61 bits per heavy atom. The predicted octanol–water partition coefficient (Wildman–Crippen LogP) is 4.37. The zero-order valence-electron chi connectivity index (χ0n) is 17.2. The summed E-state index contributed by atoms with van der Waals surface area (Å²) in [5.74, 6) is 0.849. The van der Waals surface area contributed by atoms with Gasteiger partial charge < -0.3 is 10.1 Å². The number of amides is 1. The van der Waals surface area contributed by atoms with Crippen molar-refractivity contribution < 1.29 is 9.53 Å². The average molecular weight is 402 g/mol. The first-order valence-electron chi connectivity index (χ1n) is 10.2. The van der Waals surface area contributed by atoms with Crippen LogP contribution in [0.1, 0.15) is 64.6 Å². The zero-order chi connectivity index (χ0) is 19.9. The quantitative estimate of drug-likeness (QED) is 0.714. The van der Waals surface area contributed by atoms with Gasteiger partial charge in [0.05, 0.1) is 23.9 Å². The first-order chi connectivity index (χ1) is 13.6. The lowest BCUT2D eigenvalue weighted by Gasteiger charge is -2.35. The predicted molar refractivity (Wildman–Crippen MR) is 114 cm³/mol. The van der Waals surface area contributed by atoms with Crippen molar-refractivity contribution in [3.8, 4) is 5.75 Å². The number of benzene rings is 1. The number of carbonyl (C=O) groups is 1. The zero-order valence-corrected chi connectivity index (χ0v) is 18.0. The topological polar surface area (TPSA) is 54.5 Å². The Morgan fingerprint density at radius 2 is 1.96 bits per heavy atom. The molecule has 1 aliphatic rings. The summed E-state index contributed by atoms with van der Waals surface area (Å²) >= 11 is 1.53. The van der Waals surface area contributed by atoms with E-state index in [2.05, 4.69) is 34.3 Å². The molecule has 0 spiro atoms. The van der Waals surface area contributed by atoms with Crippen LogP contribution in [0.5, 0.6) is 5.75 Å². The van der Waals surface area contributed by atoms with Gasteiger partial charge in [0, 0.05) is 6.54 Å². The van der Waals surface area contributed by atoms with Gasteiger partial charge >= 0.3 is 0 Å². The van der Waals surface area contributed by atoms with Gasteiger partial charge in [0.25, 0.3) is 5.91 Å².